The number of halogens is 1. The van der Waals surface area contributed by atoms with Gasteiger partial charge in [0.2, 0.25) is 0 Å². The molecular weight excluding hydrogens is 257 g/mol. The fourth-order valence-electron chi connectivity index (χ4n) is 2.27. The molecule has 96 valence electrons. The van der Waals surface area contributed by atoms with Crippen LogP contribution in [0.1, 0.15) is 17.2 Å². The first-order chi connectivity index (χ1) is 8.45. The molecule has 0 radical (unpaired) electrons. The van der Waals surface area contributed by atoms with Crippen LogP contribution in [0, 0.1) is 12.3 Å². The van der Waals surface area contributed by atoms with Crippen molar-refractivity contribution in [3.63, 3.8) is 0 Å². The Morgan fingerprint density at radius 2 is 2.17 bits per heavy atom. The van der Waals surface area contributed by atoms with Gasteiger partial charge in [-0.15, -0.1) is 6.42 Å². The van der Waals surface area contributed by atoms with Gasteiger partial charge < -0.3 is 0 Å². The first-order valence-electron chi connectivity index (χ1n) is 5.34. The summed E-state index contributed by atoms with van der Waals surface area (Å²) in [5, 5.41) is 0. The number of hydrogen-bond donors (Lipinski definition) is 1. The SMILES string of the molecule is C#CCN([C@H]1c2ccccc2C[C@@H]1F)S(=O)(=O)O. The maximum Gasteiger partial charge on any atom is 0.337 e. The van der Waals surface area contributed by atoms with Gasteiger partial charge in [0.25, 0.3) is 0 Å². The van der Waals surface area contributed by atoms with Crippen LogP contribution in [0.3, 0.4) is 0 Å². The average molecular weight is 269 g/mol. The smallest absolute Gasteiger partial charge is 0.273 e. The Bertz CT molecular complexity index is 594. The van der Waals surface area contributed by atoms with E-state index in [1.165, 1.54) is 0 Å². The third-order valence-corrected chi connectivity index (χ3v) is 3.93. The maximum atomic E-state index is 14.0. The number of benzene rings is 1. The normalized spacial score (nSPS) is 22.8. The molecule has 2 rings (SSSR count). The van der Waals surface area contributed by atoms with Crippen molar-refractivity contribution in [2.45, 2.75) is 18.6 Å². The van der Waals surface area contributed by atoms with Crippen molar-refractivity contribution in [3.8, 4) is 12.3 Å². The maximum absolute atomic E-state index is 14.0. The lowest BCUT2D eigenvalue weighted by molar-refractivity contribution is 0.196. The van der Waals surface area contributed by atoms with Gasteiger partial charge in [0, 0.05) is 6.42 Å². The topological polar surface area (TPSA) is 57.6 Å². The fraction of sp³-hybridized carbons (Fsp3) is 0.333. The molecule has 0 saturated heterocycles. The summed E-state index contributed by atoms with van der Waals surface area (Å²) in [5.74, 6) is 2.12. The summed E-state index contributed by atoms with van der Waals surface area (Å²) in [5.41, 5.74) is 1.29. The summed E-state index contributed by atoms with van der Waals surface area (Å²) >= 11 is 0. The summed E-state index contributed by atoms with van der Waals surface area (Å²) in [4.78, 5) is 0. The van der Waals surface area contributed by atoms with Gasteiger partial charge >= 0.3 is 10.3 Å². The second kappa shape index (κ2) is 4.69. The van der Waals surface area contributed by atoms with Crippen LogP contribution in [-0.2, 0) is 16.7 Å². The first-order valence-corrected chi connectivity index (χ1v) is 6.74. The van der Waals surface area contributed by atoms with Gasteiger partial charge in [0.05, 0.1) is 12.6 Å². The first kappa shape index (κ1) is 13.0. The van der Waals surface area contributed by atoms with E-state index in [9.17, 15) is 12.8 Å². The van der Waals surface area contributed by atoms with Crippen LogP contribution in [0.15, 0.2) is 24.3 Å². The molecule has 1 aromatic carbocycles. The van der Waals surface area contributed by atoms with E-state index in [0.717, 1.165) is 5.56 Å². The van der Waals surface area contributed by atoms with Crippen molar-refractivity contribution in [1.29, 1.82) is 0 Å². The van der Waals surface area contributed by atoms with Gasteiger partial charge in [-0.1, -0.05) is 30.2 Å². The molecule has 0 aromatic heterocycles. The molecule has 0 heterocycles. The summed E-state index contributed by atoms with van der Waals surface area (Å²) < 4.78 is 46.3. The number of rotatable bonds is 3. The third kappa shape index (κ3) is 2.25. The number of nitrogens with zero attached hydrogens (tertiary/aromatic N) is 1. The second-order valence-corrected chi connectivity index (χ2v) is 5.46. The van der Waals surface area contributed by atoms with Gasteiger partial charge in [-0.3, -0.25) is 4.55 Å². The molecule has 1 aromatic rings. The zero-order chi connectivity index (χ0) is 13.3. The van der Waals surface area contributed by atoms with Crippen molar-refractivity contribution in [2.24, 2.45) is 0 Å². The minimum atomic E-state index is -4.54. The van der Waals surface area contributed by atoms with E-state index in [1.807, 2.05) is 0 Å². The lowest BCUT2D eigenvalue weighted by Crippen LogP contribution is -2.37. The van der Waals surface area contributed by atoms with Crippen LogP contribution >= 0.6 is 0 Å². The predicted molar refractivity (Wildman–Crippen MR) is 64.9 cm³/mol. The highest BCUT2D eigenvalue weighted by Crippen LogP contribution is 2.38. The second-order valence-electron chi connectivity index (χ2n) is 4.09. The van der Waals surface area contributed by atoms with Crippen LogP contribution in [0.5, 0.6) is 0 Å². The van der Waals surface area contributed by atoms with Crippen molar-refractivity contribution in [3.05, 3.63) is 35.4 Å². The molecule has 18 heavy (non-hydrogen) atoms. The van der Waals surface area contributed by atoms with Crippen molar-refractivity contribution in [2.75, 3.05) is 6.54 Å². The Hall–Kier alpha value is -1.42. The Kier molecular flexibility index (Phi) is 3.39. The van der Waals surface area contributed by atoms with Crippen LogP contribution in [0.4, 0.5) is 4.39 Å². The van der Waals surface area contributed by atoms with Gasteiger partial charge in [-0.25, -0.2) is 4.39 Å². The molecule has 2 atom stereocenters. The Balaban J connectivity index is 2.46. The highest BCUT2D eigenvalue weighted by molar-refractivity contribution is 7.83. The van der Waals surface area contributed by atoms with Gasteiger partial charge in [0.1, 0.15) is 6.17 Å². The molecule has 0 bridgehead atoms. The zero-order valence-corrected chi connectivity index (χ0v) is 10.3. The summed E-state index contributed by atoms with van der Waals surface area (Å²) in [6.07, 6.45) is 3.79. The molecule has 1 aliphatic rings. The monoisotopic (exact) mass is 269 g/mol. The van der Waals surface area contributed by atoms with Crippen LogP contribution < -0.4 is 0 Å². The molecule has 0 spiro atoms. The molecule has 0 unspecified atom stereocenters. The standard InChI is InChI=1S/C12H12FNO3S/c1-2-7-14(18(15,16)17)12-10-6-4-3-5-9(10)8-11(12)13/h1,3-6,11-12H,7-8H2,(H,15,16,17)/t11-,12-/m0/s1. The zero-order valence-electron chi connectivity index (χ0n) is 9.45. The minimum absolute atomic E-state index is 0.122. The quantitative estimate of drug-likeness (QED) is 0.666. The van der Waals surface area contributed by atoms with E-state index in [4.69, 9.17) is 11.0 Å². The molecular formula is C12H12FNO3S. The molecule has 0 aliphatic heterocycles. The Morgan fingerprint density at radius 3 is 2.78 bits per heavy atom. The van der Waals surface area contributed by atoms with Gasteiger partial charge in [-0.2, -0.15) is 12.7 Å². The average Bonchev–Trinajstić information content (AvgIpc) is 2.60. The fourth-order valence-corrected chi connectivity index (χ4v) is 3.04. The molecule has 0 fully saturated rings. The summed E-state index contributed by atoms with van der Waals surface area (Å²) in [6, 6.07) is 5.79. The lowest BCUT2D eigenvalue weighted by atomic mass is 10.1. The summed E-state index contributed by atoms with van der Waals surface area (Å²) in [6.45, 7) is -0.363. The highest BCUT2D eigenvalue weighted by Gasteiger charge is 2.41. The predicted octanol–water partition coefficient (Wildman–Crippen LogP) is 1.36. The Labute approximate surface area is 105 Å². The Morgan fingerprint density at radius 1 is 1.50 bits per heavy atom. The molecule has 0 amide bonds. The van der Waals surface area contributed by atoms with Gasteiger partial charge in [0.15, 0.2) is 0 Å². The van der Waals surface area contributed by atoms with E-state index in [0.29, 0.717) is 9.87 Å². The van der Waals surface area contributed by atoms with Crippen molar-refractivity contribution >= 4 is 10.3 Å². The minimum Gasteiger partial charge on any atom is -0.273 e. The number of terminal acetylenes is 1. The number of fused-ring (bicyclic) bond motifs is 1. The van der Waals surface area contributed by atoms with Crippen LogP contribution in [0.2, 0.25) is 0 Å². The highest BCUT2D eigenvalue weighted by atomic mass is 32.2. The number of hydrogen-bond acceptors (Lipinski definition) is 2. The summed E-state index contributed by atoms with van der Waals surface area (Å²) in [7, 11) is -4.54. The largest absolute Gasteiger partial charge is 0.337 e. The van der Waals surface area contributed by atoms with Crippen molar-refractivity contribution < 1.29 is 17.4 Å². The van der Waals surface area contributed by atoms with Crippen LogP contribution in [-0.4, -0.2) is 30.0 Å². The third-order valence-electron chi connectivity index (χ3n) is 2.98. The van der Waals surface area contributed by atoms with Crippen LogP contribution in [0.25, 0.3) is 0 Å². The van der Waals surface area contributed by atoms with E-state index >= 15 is 0 Å². The van der Waals surface area contributed by atoms with E-state index < -0.39 is 22.5 Å². The molecule has 4 nitrogen and oxygen atoms in total. The molecule has 1 N–H and O–H groups in total. The number of alkyl halides is 1. The molecule has 6 heteroatoms. The molecule has 1 aliphatic carbocycles. The molecule has 0 saturated carbocycles. The van der Waals surface area contributed by atoms with Gasteiger partial charge in [-0.05, 0) is 11.1 Å². The van der Waals surface area contributed by atoms with E-state index in [-0.39, 0.29) is 13.0 Å². The van der Waals surface area contributed by atoms with E-state index in [2.05, 4.69) is 5.92 Å². The van der Waals surface area contributed by atoms with Crippen molar-refractivity contribution in [1.82, 2.24) is 4.31 Å². The van der Waals surface area contributed by atoms with E-state index in [1.54, 1.807) is 24.3 Å². The lowest BCUT2D eigenvalue weighted by Gasteiger charge is -2.25.